The fraction of sp³-hybridized carbons (Fsp3) is 0.333. The van der Waals surface area contributed by atoms with Crippen molar-refractivity contribution in [1.82, 2.24) is 30.1 Å². The van der Waals surface area contributed by atoms with E-state index in [0.717, 1.165) is 15.8 Å². The highest BCUT2D eigenvalue weighted by atomic mass is 32.1. The van der Waals surface area contributed by atoms with E-state index in [2.05, 4.69) is 10.3 Å². The molecular formula is C24H28N8O4S. The lowest BCUT2D eigenvalue weighted by molar-refractivity contribution is -0.157. The Bertz CT molecular complexity index is 1390. The van der Waals surface area contributed by atoms with Crippen LogP contribution in [0.5, 0.6) is 5.75 Å². The first-order valence-electron chi connectivity index (χ1n) is 11.7. The van der Waals surface area contributed by atoms with Gasteiger partial charge in [0, 0.05) is 27.1 Å². The Morgan fingerprint density at radius 2 is 2.05 bits per heavy atom. The molecule has 2 saturated heterocycles. The molecule has 0 radical (unpaired) electrons. The molecule has 0 aliphatic carbocycles. The molecule has 2 fully saturated rings. The second kappa shape index (κ2) is 9.41. The standard InChI is InChI=1S/C24H28N8O4S/c1-27-24(36)29(2)31-12-20(34)32-16(9-13-6-7-17(33)15(25)8-13)22(35)30(11-19(31)32)10-14-4-3-5-18-21(14)28-23(26)37-18/h3-8,16,19,33H,9-12,25H2,1-2H3,(H2,26,28)(H,27,36)/t16-,19+/m0/s1. The fourth-order valence-electron chi connectivity index (χ4n) is 5.04. The Morgan fingerprint density at radius 1 is 1.27 bits per heavy atom. The first kappa shape index (κ1) is 24.6. The molecule has 3 heterocycles. The lowest BCUT2D eigenvalue weighted by Crippen LogP contribution is -2.65. The van der Waals surface area contributed by atoms with E-state index in [0.29, 0.717) is 10.7 Å². The molecule has 5 rings (SSSR count). The number of phenolic OH excluding ortho intramolecular Hbond substituents is 1. The fourth-order valence-corrected chi connectivity index (χ4v) is 5.82. The van der Waals surface area contributed by atoms with Gasteiger partial charge in [-0.3, -0.25) is 14.6 Å². The van der Waals surface area contributed by atoms with Crippen molar-refractivity contribution in [3.05, 3.63) is 47.5 Å². The number of thiazole rings is 1. The quantitative estimate of drug-likeness (QED) is 0.281. The Labute approximate surface area is 217 Å². The second-order valence-corrected chi connectivity index (χ2v) is 10.2. The van der Waals surface area contributed by atoms with Crippen LogP contribution in [0.3, 0.4) is 0 Å². The van der Waals surface area contributed by atoms with Crippen molar-refractivity contribution < 1.29 is 19.5 Å². The summed E-state index contributed by atoms with van der Waals surface area (Å²) < 4.78 is 0.925. The number of anilines is 2. The molecule has 0 unspecified atom stereocenters. The largest absolute Gasteiger partial charge is 0.506 e. The van der Waals surface area contributed by atoms with E-state index in [1.165, 1.54) is 29.5 Å². The van der Waals surface area contributed by atoms with E-state index >= 15 is 0 Å². The molecule has 0 saturated carbocycles. The number of amides is 4. The van der Waals surface area contributed by atoms with Gasteiger partial charge in [0.15, 0.2) is 5.13 Å². The van der Waals surface area contributed by atoms with Crippen LogP contribution in [-0.2, 0) is 22.6 Å². The maximum absolute atomic E-state index is 13.9. The predicted molar refractivity (Wildman–Crippen MR) is 139 cm³/mol. The van der Waals surface area contributed by atoms with Crippen molar-refractivity contribution in [2.75, 3.05) is 38.7 Å². The van der Waals surface area contributed by atoms with Crippen LogP contribution in [0.15, 0.2) is 36.4 Å². The van der Waals surface area contributed by atoms with Gasteiger partial charge in [-0.25, -0.2) is 9.78 Å². The normalized spacial score (nSPS) is 19.9. The number of urea groups is 1. The zero-order chi connectivity index (χ0) is 26.4. The molecule has 12 nitrogen and oxygen atoms in total. The average molecular weight is 525 g/mol. The Hall–Kier alpha value is -4.10. The van der Waals surface area contributed by atoms with E-state index in [9.17, 15) is 19.5 Å². The highest BCUT2D eigenvalue weighted by molar-refractivity contribution is 7.22. The second-order valence-electron chi connectivity index (χ2n) is 9.11. The maximum atomic E-state index is 13.9. The number of nitrogens with zero attached hydrogens (tertiary/aromatic N) is 5. The molecule has 6 N–H and O–H groups in total. The zero-order valence-corrected chi connectivity index (χ0v) is 21.2. The minimum atomic E-state index is -0.821. The van der Waals surface area contributed by atoms with Crippen molar-refractivity contribution in [2.24, 2.45) is 0 Å². The summed E-state index contributed by atoms with van der Waals surface area (Å²) in [6.45, 7) is 0.432. The van der Waals surface area contributed by atoms with Crippen molar-refractivity contribution >= 4 is 50.2 Å². The lowest BCUT2D eigenvalue weighted by atomic mass is 9.99. The van der Waals surface area contributed by atoms with E-state index < -0.39 is 12.2 Å². The monoisotopic (exact) mass is 524 g/mol. The molecule has 0 spiro atoms. The third kappa shape index (κ3) is 4.36. The smallest absolute Gasteiger partial charge is 0.331 e. The number of hydrogen-bond donors (Lipinski definition) is 4. The topological polar surface area (TPSA) is 161 Å². The van der Waals surface area contributed by atoms with Crippen LogP contribution in [0.2, 0.25) is 0 Å². The van der Waals surface area contributed by atoms with Crippen molar-refractivity contribution in [2.45, 2.75) is 25.2 Å². The average Bonchev–Trinajstić information content (AvgIpc) is 3.42. The van der Waals surface area contributed by atoms with Gasteiger partial charge in [0.2, 0.25) is 11.8 Å². The summed E-state index contributed by atoms with van der Waals surface area (Å²) in [7, 11) is 3.11. The summed E-state index contributed by atoms with van der Waals surface area (Å²) in [4.78, 5) is 47.2. The molecule has 0 bridgehead atoms. The number of piperazine rings is 1. The molecule has 13 heteroatoms. The number of fused-ring (bicyclic) bond motifs is 2. The minimum absolute atomic E-state index is 0.0396. The number of nitrogens with one attached hydrogen (secondary N) is 1. The van der Waals surface area contributed by atoms with E-state index in [-0.39, 0.29) is 55.3 Å². The van der Waals surface area contributed by atoms with Crippen LogP contribution < -0.4 is 16.8 Å². The highest BCUT2D eigenvalue weighted by Gasteiger charge is 2.51. The van der Waals surface area contributed by atoms with E-state index in [1.807, 2.05) is 18.2 Å². The van der Waals surface area contributed by atoms with Gasteiger partial charge in [0.25, 0.3) is 0 Å². The molecular weight excluding hydrogens is 496 g/mol. The molecule has 1 aromatic heterocycles. The summed E-state index contributed by atoms with van der Waals surface area (Å²) in [5.41, 5.74) is 14.3. The predicted octanol–water partition coefficient (Wildman–Crippen LogP) is 0.776. The van der Waals surface area contributed by atoms with Gasteiger partial charge >= 0.3 is 6.03 Å². The molecule has 2 aromatic carbocycles. The Kier molecular flexibility index (Phi) is 6.25. The van der Waals surface area contributed by atoms with Gasteiger partial charge in [-0.1, -0.05) is 29.5 Å². The molecule has 2 aliphatic heterocycles. The van der Waals surface area contributed by atoms with Gasteiger partial charge in [0.05, 0.1) is 29.0 Å². The van der Waals surface area contributed by atoms with Gasteiger partial charge in [-0.2, -0.15) is 5.01 Å². The first-order valence-corrected chi connectivity index (χ1v) is 12.5. The van der Waals surface area contributed by atoms with E-state index in [4.69, 9.17) is 11.5 Å². The zero-order valence-electron chi connectivity index (χ0n) is 20.4. The molecule has 37 heavy (non-hydrogen) atoms. The number of aromatic hydroxyl groups is 1. The summed E-state index contributed by atoms with van der Waals surface area (Å²) in [6, 6.07) is 9.30. The number of benzene rings is 2. The van der Waals surface area contributed by atoms with Crippen molar-refractivity contribution in [3.63, 3.8) is 0 Å². The van der Waals surface area contributed by atoms with Crippen molar-refractivity contribution in [1.29, 1.82) is 0 Å². The number of para-hydroxylation sites is 1. The maximum Gasteiger partial charge on any atom is 0.331 e. The number of rotatable bonds is 5. The van der Waals surface area contributed by atoms with Crippen LogP contribution >= 0.6 is 11.3 Å². The molecule has 194 valence electrons. The molecule has 2 aliphatic rings. The van der Waals surface area contributed by atoms with Gasteiger partial charge < -0.3 is 31.7 Å². The van der Waals surface area contributed by atoms with Crippen LogP contribution in [0.1, 0.15) is 11.1 Å². The lowest BCUT2D eigenvalue weighted by Gasteiger charge is -2.45. The van der Waals surface area contributed by atoms with Crippen molar-refractivity contribution in [3.8, 4) is 5.75 Å². The highest BCUT2D eigenvalue weighted by Crippen LogP contribution is 2.32. The number of phenols is 1. The summed E-state index contributed by atoms with van der Waals surface area (Å²) in [5.74, 6) is -0.523. The number of carbonyl (C=O) groups is 3. The van der Waals surface area contributed by atoms with E-state index in [1.54, 1.807) is 34.0 Å². The number of nitrogens with two attached hydrogens (primary N) is 2. The number of carbonyl (C=O) groups excluding carboxylic acids is 3. The number of hydrogen-bond acceptors (Lipinski definition) is 9. The summed E-state index contributed by atoms with van der Waals surface area (Å²) in [5, 5.41) is 15.9. The summed E-state index contributed by atoms with van der Waals surface area (Å²) in [6.07, 6.45) is -0.348. The third-order valence-electron chi connectivity index (χ3n) is 6.86. The SMILES string of the molecule is CNC(=O)N(C)N1CC(=O)N2[C@@H](Cc3ccc(O)c(N)c3)C(=O)N(Cc3cccc4sc(N)nc34)C[C@@H]21. The Morgan fingerprint density at radius 3 is 2.78 bits per heavy atom. The number of hydrazine groups is 1. The van der Waals surface area contributed by atoms with Crippen LogP contribution in [-0.4, -0.2) is 87.1 Å². The molecule has 3 aromatic rings. The van der Waals surface area contributed by atoms with Gasteiger partial charge in [0.1, 0.15) is 18.0 Å². The van der Waals surface area contributed by atoms with Crippen LogP contribution in [0.25, 0.3) is 10.2 Å². The summed E-state index contributed by atoms with van der Waals surface area (Å²) >= 11 is 1.38. The van der Waals surface area contributed by atoms with Gasteiger partial charge in [-0.15, -0.1) is 0 Å². The molecule has 2 atom stereocenters. The van der Waals surface area contributed by atoms with Crippen LogP contribution in [0.4, 0.5) is 15.6 Å². The molecule has 4 amide bonds. The Balaban J connectivity index is 1.51. The number of aromatic nitrogens is 1. The minimum Gasteiger partial charge on any atom is -0.506 e. The van der Waals surface area contributed by atoms with Gasteiger partial charge in [-0.05, 0) is 29.3 Å². The first-order chi connectivity index (χ1) is 17.7. The van der Waals surface area contributed by atoms with Crippen LogP contribution in [0, 0.1) is 0 Å². The third-order valence-corrected chi connectivity index (χ3v) is 7.71. The number of nitrogen functional groups attached to an aromatic ring is 2.